The van der Waals surface area contributed by atoms with Gasteiger partial charge in [0, 0.05) is 44.9 Å². The molecule has 0 spiro atoms. The molecule has 1 saturated heterocycles. The van der Waals surface area contributed by atoms with Gasteiger partial charge < -0.3 is 4.90 Å². The molecule has 7 nitrogen and oxygen atoms in total. The fraction of sp³-hybridized carbons (Fsp3) is 0.400. The highest BCUT2D eigenvalue weighted by Gasteiger charge is 2.31. The molecule has 150 valence electrons. The van der Waals surface area contributed by atoms with E-state index in [1.165, 1.54) is 22.0 Å². The molecule has 0 saturated carbocycles. The zero-order chi connectivity index (χ0) is 20.3. The molecule has 1 aliphatic heterocycles. The molecule has 0 aliphatic carbocycles. The zero-order valence-corrected chi connectivity index (χ0v) is 17.0. The minimum Gasteiger partial charge on any atom is -0.300 e. The van der Waals surface area contributed by atoms with Crippen molar-refractivity contribution in [1.82, 2.24) is 9.21 Å². The third kappa shape index (κ3) is 4.40. The number of non-ortho nitro benzene ring substituents is 1. The first kappa shape index (κ1) is 20.4. The molecule has 8 heteroatoms. The Morgan fingerprint density at radius 3 is 2.29 bits per heavy atom. The van der Waals surface area contributed by atoms with E-state index in [0.29, 0.717) is 37.3 Å². The predicted molar refractivity (Wildman–Crippen MR) is 108 cm³/mol. The molecule has 1 aliphatic rings. The maximum absolute atomic E-state index is 13.1. The van der Waals surface area contributed by atoms with Gasteiger partial charge in [-0.1, -0.05) is 30.3 Å². The summed E-state index contributed by atoms with van der Waals surface area (Å²) in [5.74, 6) is 0. The van der Waals surface area contributed by atoms with E-state index in [9.17, 15) is 18.5 Å². The Bertz CT molecular complexity index is 953. The van der Waals surface area contributed by atoms with E-state index in [1.807, 2.05) is 18.2 Å². The smallest absolute Gasteiger partial charge is 0.271 e. The van der Waals surface area contributed by atoms with Crippen LogP contribution in [0, 0.1) is 24.0 Å². The molecule has 2 aromatic rings. The summed E-state index contributed by atoms with van der Waals surface area (Å²) in [6.07, 6.45) is 0.927. The highest BCUT2D eigenvalue weighted by Crippen LogP contribution is 2.28. The van der Waals surface area contributed by atoms with Gasteiger partial charge in [0.15, 0.2) is 0 Å². The third-order valence-electron chi connectivity index (χ3n) is 5.32. The summed E-state index contributed by atoms with van der Waals surface area (Å²) >= 11 is 0. The standard InChI is InChI=1S/C20H25N3O4S/c1-16-14-19(23(24)25)15-20(17(16)2)28(26,27)22-12-10-21(11-13-22)9-8-18-6-4-3-5-7-18/h3-7,14-15H,8-13H2,1-2H3. The summed E-state index contributed by atoms with van der Waals surface area (Å²) < 4.78 is 27.7. The second kappa shape index (κ2) is 8.38. The SMILES string of the molecule is Cc1cc([N+](=O)[O-])cc(S(=O)(=O)N2CCN(CCc3ccccc3)CC2)c1C. The average Bonchev–Trinajstić information content (AvgIpc) is 2.69. The molecule has 0 amide bonds. The van der Waals surface area contributed by atoms with E-state index in [2.05, 4.69) is 17.0 Å². The molecule has 0 unspecified atom stereocenters. The van der Waals surface area contributed by atoms with Crippen LogP contribution >= 0.6 is 0 Å². The molecular weight excluding hydrogens is 378 g/mol. The average molecular weight is 404 g/mol. The van der Waals surface area contributed by atoms with Gasteiger partial charge in [-0.15, -0.1) is 0 Å². The van der Waals surface area contributed by atoms with Gasteiger partial charge in [0.2, 0.25) is 10.0 Å². The van der Waals surface area contributed by atoms with Crippen molar-refractivity contribution in [2.45, 2.75) is 25.2 Å². The van der Waals surface area contributed by atoms with Crippen molar-refractivity contribution in [3.8, 4) is 0 Å². The van der Waals surface area contributed by atoms with Crippen LogP contribution < -0.4 is 0 Å². The Morgan fingerprint density at radius 1 is 1.04 bits per heavy atom. The van der Waals surface area contributed by atoms with Gasteiger partial charge in [0.05, 0.1) is 9.82 Å². The predicted octanol–water partition coefficient (Wildman–Crippen LogP) is 2.76. The first-order valence-corrected chi connectivity index (χ1v) is 10.7. The maximum atomic E-state index is 13.1. The normalized spacial score (nSPS) is 16.2. The van der Waals surface area contributed by atoms with Gasteiger partial charge in [0.25, 0.3) is 5.69 Å². The lowest BCUT2D eigenvalue weighted by molar-refractivity contribution is -0.385. The number of rotatable bonds is 6. The van der Waals surface area contributed by atoms with Crippen molar-refractivity contribution in [2.24, 2.45) is 0 Å². The molecule has 1 fully saturated rings. The van der Waals surface area contributed by atoms with Crippen molar-refractivity contribution in [1.29, 1.82) is 0 Å². The van der Waals surface area contributed by atoms with Crippen LogP contribution in [0.25, 0.3) is 0 Å². The molecular formula is C20H25N3O4S. The molecule has 0 N–H and O–H groups in total. The number of sulfonamides is 1. The van der Waals surface area contributed by atoms with Crippen LogP contribution in [0.1, 0.15) is 16.7 Å². The van der Waals surface area contributed by atoms with Crippen LogP contribution in [0.15, 0.2) is 47.4 Å². The first-order valence-electron chi connectivity index (χ1n) is 9.31. The van der Waals surface area contributed by atoms with Crippen LogP contribution in [-0.2, 0) is 16.4 Å². The number of nitrogens with zero attached hydrogens (tertiary/aromatic N) is 3. The van der Waals surface area contributed by atoms with Crippen LogP contribution in [0.3, 0.4) is 0 Å². The number of piperazine rings is 1. The Labute approximate surface area is 165 Å². The van der Waals surface area contributed by atoms with Gasteiger partial charge in [-0.3, -0.25) is 10.1 Å². The van der Waals surface area contributed by atoms with Gasteiger partial charge in [-0.25, -0.2) is 8.42 Å². The molecule has 2 aromatic carbocycles. The van der Waals surface area contributed by atoms with Gasteiger partial charge >= 0.3 is 0 Å². The van der Waals surface area contributed by atoms with Crippen molar-refractivity contribution >= 4 is 15.7 Å². The fourth-order valence-electron chi connectivity index (χ4n) is 3.45. The topological polar surface area (TPSA) is 83.8 Å². The van der Waals surface area contributed by atoms with Crippen molar-refractivity contribution in [3.63, 3.8) is 0 Å². The minimum atomic E-state index is -3.76. The van der Waals surface area contributed by atoms with E-state index in [-0.39, 0.29) is 10.6 Å². The summed E-state index contributed by atoms with van der Waals surface area (Å²) in [6, 6.07) is 12.8. The quantitative estimate of drug-likeness (QED) is 0.547. The lowest BCUT2D eigenvalue weighted by atomic mass is 10.1. The molecule has 0 radical (unpaired) electrons. The summed E-state index contributed by atoms with van der Waals surface area (Å²) in [5, 5.41) is 11.1. The minimum absolute atomic E-state index is 0.0388. The second-order valence-corrected chi connectivity index (χ2v) is 9.03. The van der Waals surface area contributed by atoms with E-state index in [4.69, 9.17) is 0 Å². The van der Waals surface area contributed by atoms with Crippen molar-refractivity contribution in [3.05, 3.63) is 69.3 Å². The van der Waals surface area contributed by atoms with Gasteiger partial charge in [0.1, 0.15) is 0 Å². The number of nitro groups is 1. The number of aryl methyl sites for hydroxylation is 1. The molecule has 0 aromatic heterocycles. The lowest BCUT2D eigenvalue weighted by Crippen LogP contribution is -2.49. The van der Waals surface area contributed by atoms with E-state index in [1.54, 1.807) is 13.8 Å². The zero-order valence-electron chi connectivity index (χ0n) is 16.2. The van der Waals surface area contributed by atoms with E-state index in [0.717, 1.165) is 13.0 Å². The number of hydrogen-bond acceptors (Lipinski definition) is 5. The van der Waals surface area contributed by atoms with Crippen LogP contribution in [0.4, 0.5) is 5.69 Å². The fourth-order valence-corrected chi connectivity index (χ4v) is 5.19. The number of benzene rings is 2. The summed E-state index contributed by atoms with van der Waals surface area (Å²) in [4.78, 5) is 12.9. The van der Waals surface area contributed by atoms with E-state index < -0.39 is 14.9 Å². The second-order valence-electron chi connectivity index (χ2n) is 7.12. The molecule has 0 atom stereocenters. The van der Waals surface area contributed by atoms with E-state index >= 15 is 0 Å². The Kier molecular flexibility index (Phi) is 6.12. The van der Waals surface area contributed by atoms with Gasteiger partial charge in [-0.05, 0) is 37.0 Å². The van der Waals surface area contributed by atoms with Crippen LogP contribution in [0.5, 0.6) is 0 Å². The Hall–Kier alpha value is -2.29. The Morgan fingerprint density at radius 2 is 1.68 bits per heavy atom. The maximum Gasteiger partial charge on any atom is 0.271 e. The summed E-state index contributed by atoms with van der Waals surface area (Å²) in [5.41, 5.74) is 2.25. The Balaban J connectivity index is 1.69. The lowest BCUT2D eigenvalue weighted by Gasteiger charge is -2.34. The van der Waals surface area contributed by atoms with Crippen LogP contribution in [-0.4, -0.2) is 55.3 Å². The molecule has 0 bridgehead atoms. The van der Waals surface area contributed by atoms with Crippen molar-refractivity contribution < 1.29 is 13.3 Å². The van der Waals surface area contributed by atoms with Crippen molar-refractivity contribution in [2.75, 3.05) is 32.7 Å². The number of hydrogen-bond donors (Lipinski definition) is 0. The highest BCUT2D eigenvalue weighted by molar-refractivity contribution is 7.89. The largest absolute Gasteiger partial charge is 0.300 e. The third-order valence-corrected chi connectivity index (χ3v) is 7.35. The van der Waals surface area contributed by atoms with Gasteiger partial charge in [-0.2, -0.15) is 4.31 Å². The molecule has 28 heavy (non-hydrogen) atoms. The highest BCUT2D eigenvalue weighted by atomic mass is 32.2. The molecule has 1 heterocycles. The van der Waals surface area contributed by atoms with Crippen LogP contribution in [0.2, 0.25) is 0 Å². The number of nitro benzene ring substituents is 1. The molecule has 3 rings (SSSR count). The summed E-state index contributed by atoms with van der Waals surface area (Å²) in [7, 11) is -3.76. The summed E-state index contributed by atoms with van der Waals surface area (Å²) in [6.45, 7) is 6.35. The monoisotopic (exact) mass is 403 g/mol. The first-order chi connectivity index (χ1) is 13.3.